The molecule has 4 aliphatic rings. The van der Waals surface area contributed by atoms with Crippen LogP contribution in [0.5, 0.6) is 0 Å². The lowest BCUT2D eigenvalue weighted by Crippen LogP contribution is -2.89. The first kappa shape index (κ1) is 38.1. The standard InChI is InChI=1S/C34H43NO16/c1-14-15(2)29(42)50-26-24(41)28(49-19(6)39)33(13-45-16(3)36)27(48-18(5)38)23(40)21-25(47-17(4)37)34(33,32(26,8)44)51-31(21,7)12-46-30(43)20-10-9-11-35-22(14)20/h9-11,14-15,21,23-28,40-41,44H,12-13H2,1-8H3/t14-,15+,21+,23+,24+,25-,26+,27-,28+,31-,32+,33+,34+/m1/s1. The van der Waals surface area contributed by atoms with E-state index in [4.69, 9.17) is 33.2 Å². The van der Waals surface area contributed by atoms with Crippen LogP contribution in [-0.2, 0) is 57.1 Å². The number of aromatic nitrogens is 1. The summed E-state index contributed by atoms with van der Waals surface area (Å²) in [6.45, 7) is 7.86. The second-order valence-electron chi connectivity index (χ2n) is 14.2. The van der Waals surface area contributed by atoms with Crippen molar-refractivity contribution < 1.29 is 77.2 Å². The molecular formula is C34H43NO16. The van der Waals surface area contributed by atoms with Crippen LogP contribution < -0.4 is 0 Å². The molecule has 3 heterocycles. The van der Waals surface area contributed by atoms with Crippen LogP contribution >= 0.6 is 0 Å². The van der Waals surface area contributed by atoms with Crippen LogP contribution in [-0.4, -0.2) is 123 Å². The van der Waals surface area contributed by atoms with E-state index in [-0.39, 0.29) is 11.3 Å². The molecule has 17 nitrogen and oxygen atoms in total. The number of nitrogens with zero attached hydrogens (tertiary/aromatic N) is 1. The number of cyclic esters (lactones) is 1. The predicted octanol–water partition coefficient (Wildman–Crippen LogP) is -0.108. The molecule has 0 unspecified atom stereocenters. The zero-order valence-corrected chi connectivity index (χ0v) is 29.4. The Kier molecular flexibility index (Phi) is 9.77. The fourth-order valence-corrected chi connectivity index (χ4v) is 8.67. The first-order valence-electron chi connectivity index (χ1n) is 16.4. The average Bonchev–Trinajstić information content (AvgIpc) is 3.27. The van der Waals surface area contributed by atoms with Gasteiger partial charge in [-0.3, -0.25) is 29.0 Å². The van der Waals surface area contributed by atoms with E-state index in [0.717, 1.165) is 34.6 Å². The molecule has 1 saturated heterocycles. The number of ether oxygens (including phenoxy) is 7. The minimum absolute atomic E-state index is 0.00864. The molecule has 1 spiro atoms. The highest BCUT2D eigenvalue weighted by Gasteiger charge is 2.90. The van der Waals surface area contributed by atoms with Gasteiger partial charge in [0.15, 0.2) is 11.7 Å². The molecule has 3 N–H and O–H groups in total. The Labute approximate surface area is 292 Å². The van der Waals surface area contributed by atoms with Crippen molar-refractivity contribution >= 4 is 35.8 Å². The topological polar surface area (TPSA) is 241 Å². The number of rotatable bonds is 5. The lowest BCUT2D eigenvalue weighted by molar-refractivity contribution is -0.386. The Morgan fingerprint density at radius 1 is 0.882 bits per heavy atom. The minimum Gasteiger partial charge on any atom is -0.465 e. The molecule has 3 fully saturated rings. The molecule has 13 atom stereocenters. The van der Waals surface area contributed by atoms with Crippen molar-refractivity contribution in [3.05, 3.63) is 29.6 Å². The van der Waals surface area contributed by atoms with Crippen LogP contribution in [0, 0.1) is 17.3 Å². The molecule has 1 aromatic rings. The van der Waals surface area contributed by atoms with Gasteiger partial charge in [-0.2, -0.15) is 0 Å². The molecule has 280 valence electrons. The van der Waals surface area contributed by atoms with E-state index in [1.54, 1.807) is 6.92 Å². The summed E-state index contributed by atoms with van der Waals surface area (Å²) in [7, 11) is 0. The van der Waals surface area contributed by atoms with Gasteiger partial charge >= 0.3 is 35.8 Å². The number of hydrogen-bond acceptors (Lipinski definition) is 17. The van der Waals surface area contributed by atoms with E-state index >= 15 is 0 Å². The van der Waals surface area contributed by atoms with Gasteiger partial charge in [0.1, 0.15) is 60.4 Å². The molecule has 2 saturated carbocycles. The molecule has 1 aromatic heterocycles. The van der Waals surface area contributed by atoms with E-state index < -0.39 is 126 Å². The molecule has 4 bridgehead atoms. The van der Waals surface area contributed by atoms with Gasteiger partial charge in [0.25, 0.3) is 0 Å². The Morgan fingerprint density at radius 3 is 2.02 bits per heavy atom. The lowest BCUT2D eigenvalue weighted by Gasteiger charge is -2.67. The van der Waals surface area contributed by atoms with Gasteiger partial charge < -0.3 is 48.5 Å². The molecule has 0 radical (unpaired) electrons. The van der Waals surface area contributed by atoms with Crippen LogP contribution in [0.3, 0.4) is 0 Å². The van der Waals surface area contributed by atoms with Crippen molar-refractivity contribution in [1.29, 1.82) is 0 Å². The maximum atomic E-state index is 14.0. The van der Waals surface area contributed by atoms with Crippen LogP contribution in [0.2, 0.25) is 0 Å². The normalized spacial score (nSPS) is 41.6. The van der Waals surface area contributed by atoms with Crippen LogP contribution in [0.25, 0.3) is 0 Å². The van der Waals surface area contributed by atoms with Gasteiger partial charge in [0.2, 0.25) is 0 Å². The van der Waals surface area contributed by atoms with Crippen LogP contribution in [0.15, 0.2) is 18.3 Å². The summed E-state index contributed by atoms with van der Waals surface area (Å²) in [4.78, 5) is 83.0. The fourth-order valence-electron chi connectivity index (χ4n) is 8.67. The van der Waals surface area contributed by atoms with Gasteiger partial charge in [-0.25, -0.2) is 4.79 Å². The van der Waals surface area contributed by atoms with Crippen molar-refractivity contribution in [2.75, 3.05) is 13.2 Å². The molecular weight excluding hydrogens is 678 g/mol. The zero-order chi connectivity index (χ0) is 38.0. The van der Waals surface area contributed by atoms with E-state index in [1.165, 1.54) is 32.2 Å². The Hall–Kier alpha value is -4.19. The van der Waals surface area contributed by atoms with Gasteiger partial charge in [-0.1, -0.05) is 13.8 Å². The number of hydrogen-bond donors (Lipinski definition) is 3. The number of carbonyl (C=O) groups excluding carboxylic acids is 6. The largest absolute Gasteiger partial charge is 0.465 e. The van der Waals surface area contributed by atoms with E-state index in [1.807, 2.05) is 0 Å². The van der Waals surface area contributed by atoms with Gasteiger partial charge in [-0.15, -0.1) is 0 Å². The first-order valence-corrected chi connectivity index (χ1v) is 16.4. The van der Waals surface area contributed by atoms with Gasteiger partial charge in [-0.05, 0) is 26.0 Å². The van der Waals surface area contributed by atoms with E-state index in [2.05, 4.69) is 4.98 Å². The first-order chi connectivity index (χ1) is 23.7. The average molecular weight is 722 g/mol. The number of aliphatic hydroxyl groups is 3. The monoisotopic (exact) mass is 721 g/mol. The summed E-state index contributed by atoms with van der Waals surface area (Å²) >= 11 is 0. The summed E-state index contributed by atoms with van der Waals surface area (Å²) in [6, 6.07) is 2.92. The van der Waals surface area contributed by atoms with Crippen molar-refractivity contribution in [2.45, 2.75) is 115 Å². The van der Waals surface area contributed by atoms with Crippen molar-refractivity contribution in [3.63, 3.8) is 0 Å². The summed E-state index contributed by atoms with van der Waals surface area (Å²) in [6.07, 6.45) is -10.7. The number of esters is 6. The summed E-state index contributed by atoms with van der Waals surface area (Å²) < 4.78 is 41.3. The van der Waals surface area contributed by atoms with Crippen LogP contribution in [0.1, 0.15) is 77.4 Å². The minimum atomic E-state index is -2.74. The Bertz CT molecular complexity index is 1630. The maximum absolute atomic E-state index is 14.0. The molecule has 51 heavy (non-hydrogen) atoms. The summed E-state index contributed by atoms with van der Waals surface area (Å²) in [5.41, 5.74) is -9.70. The second kappa shape index (κ2) is 13.1. The number of pyridine rings is 1. The highest BCUT2D eigenvalue weighted by atomic mass is 16.7. The molecule has 0 amide bonds. The molecule has 5 rings (SSSR count). The number of fused-ring (bicyclic) bond motifs is 5. The number of carbonyl (C=O) groups is 6. The highest BCUT2D eigenvalue weighted by molar-refractivity contribution is 5.91. The zero-order valence-electron chi connectivity index (χ0n) is 29.4. The quantitative estimate of drug-likeness (QED) is 0.265. The molecule has 2 aliphatic carbocycles. The molecule has 17 heteroatoms. The van der Waals surface area contributed by atoms with Crippen LogP contribution in [0.4, 0.5) is 0 Å². The predicted molar refractivity (Wildman–Crippen MR) is 166 cm³/mol. The van der Waals surface area contributed by atoms with E-state index in [9.17, 15) is 44.1 Å². The third-order valence-corrected chi connectivity index (χ3v) is 10.9. The third-order valence-electron chi connectivity index (χ3n) is 10.9. The van der Waals surface area contributed by atoms with Gasteiger partial charge in [0.05, 0.1) is 23.1 Å². The van der Waals surface area contributed by atoms with Crippen molar-refractivity contribution in [2.24, 2.45) is 17.3 Å². The third kappa shape index (κ3) is 5.64. The second-order valence-corrected chi connectivity index (χ2v) is 14.2. The lowest BCUT2D eigenvalue weighted by atomic mass is 9.45. The van der Waals surface area contributed by atoms with Gasteiger partial charge in [0, 0.05) is 39.8 Å². The Morgan fingerprint density at radius 2 is 1.45 bits per heavy atom. The number of aliphatic hydroxyl groups excluding tert-OH is 2. The van der Waals surface area contributed by atoms with E-state index in [0.29, 0.717) is 0 Å². The van der Waals surface area contributed by atoms with Crippen molar-refractivity contribution in [3.8, 4) is 0 Å². The maximum Gasteiger partial charge on any atom is 0.340 e. The van der Waals surface area contributed by atoms with Crippen molar-refractivity contribution in [1.82, 2.24) is 4.98 Å². The summed E-state index contributed by atoms with van der Waals surface area (Å²) in [5, 5.41) is 37.4. The smallest absolute Gasteiger partial charge is 0.340 e. The molecule has 2 aliphatic heterocycles. The highest BCUT2D eigenvalue weighted by Crippen LogP contribution is 2.69. The molecule has 0 aromatic carbocycles. The Balaban J connectivity index is 1.91. The fraction of sp³-hybridized carbons (Fsp3) is 0.676. The summed E-state index contributed by atoms with van der Waals surface area (Å²) in [5.74, 6) is -9.27. The SMILES string of the molecule is CC(=O)OC[C@@]12[C@H](OC(C)=O)[C@@H](O)[C@H]3[C@@H](OC(C)=O)[C@@]14O[C@]3(C)COC(=O)c1cccnc1[C@H](C)[C@H](C)C(=O)O[C@@H]([C@H](O)[C@@H]2OC(C)=O)[C@]4(C)O.